The molecule has 0 bridgehead atoms. The highest BCUT2D eigenvalue weighted by molar-refractivity contribution is 5.68. The summed E-state index contributed by atoms with van der Waals surface area (Å²) in [6.07, 6.45) is 0.843. The van der Waals surface area contributed by atoms with E-state index >= 15 is 0 Å². The number of carboxylic acid groups (broad SMARTS) is 1. The van der Waals surface area contributed by atoms with Crippen LogP contribution >= 0.6 is 0 Å². The van der Waals surface area contributed by atoms with Crippen LogP contribution in [0.5, 0.6) is 0 Å². The maximum atomic E-state index is 9.73. The van der Waals surface area contributed by atoms with Crippen molar-refractivity contribution in [3.05, 3.63) is 5.21 Å². The van der Waals surface area contributed by atoms with E-state index in [1.165, 1.54) is 0 Å². The fourth-order valence-electron chi connectivity index (χ4n) is 0.155. The zero-order chi connectivity index (χ0) is 6.57. The molecule has 5 nitrogen and oxygen atoms in total. The number of carbonyl (C=O) groups excluding carboxylic acids is 1. The van der Waals surface area contributed by atoms with Gasteiger partial charge >= 0.3 is 12.0 Å². The zero-order valence-electron chi connectivity index (χ0n) is 3.83. The first-order valence-electron chi connectivity index (χ1n) is 1.71. The van der Waals surface area contributed by atoms with Crippen molar-refractivity contribution >= 4 is 12.0 Å². The quantitative estimate of drug-likeness (QED) is 0.164. The first-order valence-corrected chi connectivity index (χ1v) is 1.71. The van der Waals surface area contributed by atoms with E-state index in [1.807, 2.05) is 0 Å². The second-order valence-electron chi connectivity index (χ2n) is 1.02. The van der Waals surface area contributed by atoms with E-state index in [1.54, 1.807) is 0 Å². The lowest BCUT2D eigenvalue weighted by Gasteiger charge is -1.89. The molecule has 0 aromatic carbocycles. The van der Waals surface area contributed by atoms with Crippen LogP contribution < -0.4 is 0 Å². The Balaban J connectivity index is 3.74. The maximum Gasteiger partial charge on any atom is 0.437 e. The van der Waals surface area contributed by atoms with Gasteiger partial charge in [0.05, 0.1) is 0 Å². The van der Waals surface area contributed by atoms with Gasteiger partial charge in [-0.25, -0.2) is 4.79 Å². The minimum Gasteiger partial charge on any atom is -0.612 e. The molecule has 0 aliphatic heterocycles. The predicted molar refractivity (Wildman–Crippen MR) is 21.8 cm³/mol. The number of carboxylic acids is 1. The molecule has 0 spiro atoms. The Kier molecular flexibility index (Phi) is 2.30. The monoisotopic (exact) mass is 117 g/mol. The van der Waals surface area contributed by atoms with Gasteiger partial charge in [0.1, 0.15) is 0 Å². The molecule has 0 radical (unpaired) electrons. The lowest BCUT2D eigenvalue weighted by Crippen LogP contribution is -2.13. The molecular formula is C3H3NO4. The van der Waals surface area contributed by atoms with Crippen LogP contribution in [0.2, 0.25) is 0 Å². The minimum atomic E-state index is -1.34. The summed E-state index contributed by atoms with van der Waals surface area (Å²) in [6, 6.07) is 0. The van der Waals surface area contributed by atoms with Crippen molar-refractivity contribution < 1.29 is 19.4 Å². The minimum absolute atomic E-state index is 0.331. The number of hydroxylamine groups is 1. The molecule has 8 heavy (non-hydrogen) atoms. The van der Waals surface area contributed by atoms with Crippen molar-refractivity contribution in [2.24, 2.45) is 0 Å². The molecule has 1 N–H and O–H groups in total. The van der Waals surface area contributed by atoms with Crippen LogP contribution in [-0.4, -0.2) is 28.4 Å². The highest BCUT2D eigenvalue weighted by atomic mass is 16.5. The zero-order valence-corrected chi connectivity index (χ0v) is 3.83. The van der Waals surface area contributed by atoms with E-state index in [2.05, 4.69) is 0 Å². The number of nitrogens with zero attached hydrogens (tertiary/aromatic N) is 1. The van der Waals surface area contributed by atoms with Gasteiger partial charge in [-0.3, -0.25) is 0 Å². The van der Waals surface area contributed by atoms with Crippen molar-refractivity contribution in [1.29, 1.82) is 0 Å². The first-order chi connectivity index (χ1) is 3.66. The van der Waals surface area contributed by atoms with E-state index in [-0.39, 0.29) is 4.74 Å². The van der Waals surface area contributed by atoms with E-state index < -0.39 is 12.5 Å². The summed E-state index contributed by atoms with van der Waals surface area (Å²) in [4.78, 5) is 18.8. The standard InChI is InChI=1S/C3H3NO4/c5-2-4(8)1-3(6)7/h1H2,(H,6,7). The summed E-state index contributed by atoms with van der Waals surface area (Å²) in [5, 5.41) is 17.5. The molecular weight excluding hydrogens is 114 g/mol. The van der Waals surface area contributed by atoms with E-state index in [0.717, 1.165) is 6.08 Å². The van der Waals surface area contributed by atoms with Crippen LogP contribution in [-0.2, 0) is 9.59 Å². The number of carbonyl (C=O) groups is 1. The molecule has 0 fully saturated rings. The Morgan fingerprint density at radius 1 is 1.88 bits per heavy atom. The summed E-state index contributed by atoms with van der Waals surface area (Å²) in [5.74, 6) is -1.34. The third-order valence-electron chi connectivity index (χ3n) is 0.381. The Morgan fingerprint density at radius 3 is 2.50 bits per heavy atom. The summed E-state index contributed by atoms with van der Waals surface area (Å²) in [5.41, 5.74) is 0. The molecule has 0 saturated heterocycles. The van der Waals surface area contributed by atoms with Gasteiger partial charge in [0.2, 0.25) is 0 Å². The summed E-state index contributed by atoms with van der Waals surface area (Å²) in [7, 11) is 0. The molecule has 0 heterocycles. The van der Waals surface area contributed by atoms with Crippen LogP contribution in [0.1, 0.15) is 0 Å². The molecule has 5 heteroatoms. The first kappa shape index (κ1) is 6.65. The van der Waals surface area contributed by atoms with Gasteiger partial charge in [-0.15, -0.1) is 4.74 Å². The van der Waals surface area contributed by atoms with Crippen molar-refractivity contribution in [3.63, 3.8) is 0 Å². The molecule has 0 aromatic rings. The van der Waals surface area contributed by atoms with Crippen molar-refractivity contribution in [1.82, 2.24) is 0 Å². The van der Waals surface area contributed by atoms with Crippen molar-refractivity contribution in [2.75, 3.05) is 6.54 Å². The number of rotatable bonds is 2. The maximum absolute atomic E-state index is 9.73. The van der Waals surface area contributed by atoms with Gasteiger partial charge in [0.15, 0.2) is 0 Å². The second-order valence-corrected chi connectivity index (χ2v) is 1.02. The second kappa shape index (κ2) is 2.76. The third-order valence-corrected chi connectivity index (χ3v) is 0.381. The molecule has 0 atom stereocenters. The fraction of sp³-hybridized carbons (Fsp3) is 0.333. The average Bonchev–Trinajstić information content (AvgIpc) is 1.65. The number of aliphatic carboxylic acids is 1. The Morgan fingerprint density at radius 2 is 2.38 bits per heavy atom. The lowest BCUT2D eigenvalue weighted by atomic mass is 10.7. The summed E-state index contributed by atoms with van der Waals surface area (Å²) in [6.45, 7) is -0.844. The smallest absolute Gasteiger partial charge is 0.437 e. The van der Waals surface area contributed by atoms with Gasteiger partial charge in [0, 0.05) is 0 Å². The molecule has 0 aliphatic rings. The van der Waals surface area contributed by atoms with E-state index in [4.69, 9.17) is 5.11 Å². The Bertz CT molecular complexity index is 145. The molecule has 0 unspecified atom stereocenters. The number of hydrogen-bond donors (Lipinski definition) is 1. The van der Waals surface area contributed by atoms with E-state index in [0.29, 0.717) is 0 Å². The molecule has 0 aliphatic carbocycles. The summed E-state index contributed by atoms with van der Waals surface area (Å²) < 4.78 is -0.331. The van der Waals surface area contributed by atoms with Crippen molar-refractivity contribution in [2.45, 2.75) is 0 Å². The number of isocyanates is 1. The van der Waals surface area contributed by atoms with Gasteiger partial charge < -0.3 is 10.3 Å². The largest absolute Gasteiger partial charge is 0.612 e. The topological polar surface area (TPSA) is 80.4 Å². The van der Waals surface area contributed by atoms with Gasteiger partial charge in [0.25, 0.3) is 6.54 Å². The molecule has 0 amide bonds. The normalized spacial score (nSPS) is 7.50. The van der Waals surface area contributed by atoms with Crippen LogP contribution in [0.15, 0.2) is 0 Å². The lowest BCUT2D eigenvalue weighted by molar-refractivity contribution is -0.444. The highest BCUT2D eigenvalue weighted by Crippen LogP contribution is 1.64. The predicted octanol–water partition coefficient (Wildman–Crippen LogP) is -1.08. The van der Waals surface area contributed by atoms with Crippen LogP contribution in [0.3, 0.4) is 0 Å². The SMILES string of the molecule is O=C=[N+]([O-])CC(=O)O. The van der Waals surface area contributed by atoms with Crippen molar-refractivity contribution in [3.8, 4) is 0 Å². The fourth-order valence-corrected chi connectivity index (χ4v) is 0.155. The summed E-state index contributed by atoms with van der Waals surface area (Å²) >= 11 is 0. The highest BCUT2D eigenvalue weighted by Gasteiger charge is 2.00. The molecule has 0 rings (SSSR count). The molecule has 0 saturated carbocycles. The van der Waals surface area contributed by atoms with Crippen LogP contribution in [0.25, 0.3) is 0 Å². The van der Waals surface area contributed by atoms with Gasteiger partial charge in [-0.2, -0.15) is 4.79 Å². The third kappa shape index (κ3) is 2.87. The average molecular weight is 117 g/mol. The van der Waals surface area contributed by atoms with Crippen LogP contribution in [0, 0.1) is 5.21 Å². The van der Waals surface area contributed by atoms with E-state index in [9.17, 15) is 14.8 Å². The van der Waals surface area contributed by atoms with Crippen LogP contribution in [0.4, 0.5) is 0 Å². The molecule has 0 aromatic heterocycles. The Labute approximate surface area is 44.4 Å². The Hall–Kier alpha value is -1.35. The molecule has 44 valence electrons. The van der Waals surface area contributed by atoms with Gasteiger partial charge in [-0.05, 0) is 0 Å². The van der Waals surface area contributed by atoms with Gasteiger partial charge in [-0.1, -0.05) is 0 Å². The number of hydrogen-bond acceptors (Lipinski definition) is 3.